The highest BCUT2D eigenvalue weighted by molar-refractivity contribution is 9.11. The van der Waals surface area contributed by atoms with Gasteiger partial charge in [0.15, 0.2) is 0 Å². The summed E-state index contributed by atoms with van der Waals surface area (Å²) in [6.07, 6.45) is -0.816. The van der Waals surface area contributed by atoms with E-state index in [2.05, 4.69) is 21.2 Å². The molecule has 0 aliphatic heterocycles. The third-order valence-electron chi connectivity index (χ3n) is 2.06. The van der Waals surface area contributed by atoms with Crippen LogP contribution in [0.4, 0.5) is 4.79 Å². The lowest BCUT2D eigenvalue weighted by Gasteiger charge is -2.22. The summed E-state index contributed by atoms with van der Waals surface area (Å²) in [4.78, 5) is 22.6. The summed E-state index contributed by atoms with van der Waals surface area (Å²) in [5.74, 6) is -0.983. The van der Waals surface area contributed by atoms with Crippen molar-refractivity contribution in [3.8, 4) is 0 Å². The molecule has 0 spiro atoms. The van der Waals surface area contributed by atoms with Gasteiger partial charge in [-0.05, 0) is 53.7 Å². The summed E-state index contributed by atoms with van der Waals surface area (Å²) >= 11 is 4.74. The predicted octanol–water partition coefficient (Wildman–Crippen LogP) is 3.55. The Morgan fingerprint density at radius 2 is 2.16 bits per heavy atom. The number of hydrogen-bond donors (Lipinski definition) is 2. The summed E-state index contributed by atoms with van der Waals surface area (Å²) in [6.45, 7) is 5.25. The van der Waals surface area contributed by atoms with Gasteiger partial charge in [-0.15, -0.1) is 11.3 Å². The number of nitrogens with one attached hydrogen (secondary N) is 1. The van der Waals surface area contributed by atoms with Gasteiger partial charge in [0.05, 0.1) is 16.2 Å². The highest BCUT2D eigenvalue weighted by Gasteiger charge is 2.23. The van der Waals surface area contributed by atoms with Crippen molar-refractivity contribution in [3.63, 3.8) is 0 Å². The Morgan fingerprint density at radius 3 is 2.58 bits per heavy atom. The SMILES string of the molecule is CC(C)(C)OC(=O)N[C@H](CC(=O)O)c1csc(Br)c1. The minimum Gasteiger partial charge on any atom is -0.481 e. The van der Waals surface area contributed by atoms with E-state index in [1.807, 2.05) is 0 Å². The Kier molecular flexibility index (Phi) is 5.37. The molecular weight excluding hydrogens is 334 g/mol. The zero-order valence-corrected chi connectivity index (χ0v) is 13.3. The van der Waals surface area contributed by atoms with Gasteiger partial charge in [0.25, 0.3) is 0 Å². The Bertz CT molecular complexity index is 467. The van der Waals surface area contributed by atoms with Gasteiger partial charge in [0.2, 0.25) is 0 Å². The number of carbonyl (C=O) groups excluding carboxylic acids is 1. The molecule has 7 heteroatoms. The highest BCUT2D eigenvalue weighted by Crippen LogP contribution is 2.27. The van der Waals surface area contributed by atoms with Crippen molar-refractivity contribution in [2.75, 3.05) is 0 Å². The van der Waals surface area contributed by atoms with Crippen LogP contribution < -0.4 is 5.32 Å². The van der Waals surface area contributed by atoms with E-state index in [4.69, 9.17) is 9.84 Å². The first-order valence-corrected chi connectivity index (χ1v) is 7.30. The van der Waals surface area contributed by atoms with Gasteiger partial charge in [0, 0.05) is 0 Å². The van der Waals surface area contributed by atoms with E-state index in [9.17, 15) is 9.59 Å². The van der Waals surface area contributed by atoms with E-state index in [0.717, 1.165) is 9.35 Å². The van der Waals surface area contributed by atoms with Crippen LogP contribution in [0.15, 0.2) is 15.2 Å². The molecule has 0 saturated heterocycles. The summed E-state index contributed by atoms with van der Waals surface area (Å²) in [5.41, 5.74) is 0.123. The van der Waals surface area contributed by atoms with Crippen LogP contribution in [-0.2, 0) is 9.53 Å². The number of rotatable bonds is 4. The van der Waals surface area contributed by atoms with Crippen molar-refractivity contribution in [3.05, 3.63) is 20.8 Å². The maximum absolute atomic E-state index is 11.7. The normalized spacial score (nSPS) is 12.8. The van der Waals surface area contributed by atoms with Crippen LogP contribution in [0.5, 0.6) is 0 Å². The molecule has 1 heterocycles. The van der Waals surface area contributed by atoms with Gasteiger partial charge in [-0.25, -0.2) is 4.79 Å². The minimum absolute atomic E-state index is 0.192. The second-order valence-corrected chi connectivity index (χ2v) is 7.27. The first-order chi connectivity index (χ1) is 8.67. The van der Waals surface area contributed by atoms with E-state index in [0.29, 0.717) is 0 Å². The molecule has 0 aromatic carbocycles. The summed E-state index contributed by atoms with van der Waals surface area (Å²) in [6, 6.07) is 1.19. The first kappa shape index (κ1) is 16.0. The second kappa shape index (κ2) is 6.38. The molecule has 0 saturated carbocycles. The van der Waals surface area contributed by atoms with Gasteiger partial charge in [-0.1, -0.05) is 0 Å². The standard InChI is InChI=1S/C12H16BrNO4S/c1-12(2,3)18-11(17)14-8(5-10(15)16)7-4-9(13)19-6-7/h4,6,8H,5H2,1-3H3,(H,14,17)(H,15,16)/t8-/m1/s1. The van der Waals surface area contributed by atoms with Crippen LogP contribution in [0.2, 0.25) is 0 Å². The number of hydrogen-bond acceptors (Lipinski definition) is 4. The zero-order valence-electron chi connectivity index (χ0n) is 10.9. The molecule has 106 valence electrons. The summed E-state index contributed by atoms with van der Waals surface area (Å²) < 4.78 is 6.01. The fourth-order valence-electron chi connectivity index (χ4n) is 1.38. The predicted molar refractivity (Wildman–Crippen MR) is 76.4 cm³/mol. The number of carboxylic acids is 1. The van der Waals surface area contributed by atoms with Crippen molar-refractivity contribution in [2.24, 2.45) is 0 Å². The van der Waals surface area contributed by atoms with E-state index < -0.39 is 23.7 Å². The Labute approximate surface area is 124 Å². The topological polar surface area (TPSA) is 75.6 Å². The molecule has 0 bridgehead atoms. The molecule has 0 aliphatic rings. The Morgan fingerprint density at radius 1 is 1.53 bits per heavy atom. The smallest absolute Gasteiger partial charge is 0.408 e. The lowest BCUT2D eigenvalue weighted by molar-refractivity contribution is -0.137. The lowest BCUT2D eigenvalue weighted by atomic mass is 10.1. The van der Waals surface area contributed by atoms with Crippen LogP contribution in [0.25, 0.3) is 0 Å². The minimum atomic E-state index is -0.983. The first-order valence-electron chi connectivity index (χ1n) is 5.62. The van der Waals surface area contributed by atoms with Crippen molar-refractivity contribution < 1.29 is 19.4 Å². The number of halogens is 1. The van der Waals surface area contributed by atoms with E-state index in [1.54, 1.807) is 32.2 Å². The molecule has 1 aromatic heterocycles. The van der Waals surface area contributed by atoms with Crippen molar-refractivity contribution in [1.29, 1.82) is 0 Å². The van der Waals surface area contributed by atoms with Crippen LogP contribution in [0, 0.1) is 0 Å². The number of thiophene rings is 1. The van der Waals surface area contributed by atoms with Crippen molar-refractivity contribution >= 4 is 39.3 Å². The molecule has 1 amide bonds. The molecule has 5 nitrogen and oxygen atoms in total. The molecule has 2 N–H and O–H groups in total. The van der Waals surface area contributed by atoms with Crippen LogP contribution >= 0.6 is 27.3 Å². The van der Waals surface area contributed by atoms with Gasteiger partial charge in [0.1, 0.15) is 5.60 Å². The monoisotopic (exact) mass is 349 g/mol. The molecule has 0 radical (unpaired) electrons. The largest absolute Gasteiger partial charge is 0.481 e. The third-order valence-corrected chi connectivity index (χ3v) is 3.58. The zero-order chi connectivity index (χ0) is 14.6. The third kappa shape index (κ3) is 6.07. The average Bonchev–Trinajstić information content (AvgIpc) is 2.60. The van der Waals surface area contributed by atoms with Gasteiger partial charge in [-0.2, -0.15) is 0 Å². The van der Waals surface area contributed by atoms with Gasteiger partial charge >= 0.3 is 12.1 Å². The average molecular weight is 350 g/mol. The second-order valence-electron chi connectivity index (χ2n) is 4.98. The van der Waals surface area contributed by atoms with Crippen molar-refractivity contribution in [1.82, 2.24) is 5.32 Å². The molecule has 1 atom stereocenters. The van der Waals surface area contributed by atoms with E-state index in [1.165, 1.54) is 11.3 Å². The van der Waals surface area contributed by atoms with Crippen LogP contribution in [-0.4, -0.2) is 22.8 Å². The number of ether oxygens (including phenoxy) is 1. The Hall–Kier alpha value is -1.08. The molecule has 1 rings (SSSR count). The van der Waals surface area contributed by atoms with E-state index >= 15 is 0 Å². The fourth-order valence-corrected chi connectivity index (χ4v) is 2.61. The summed E-state index contributed by atoms with van der Waals surface area (Å²) in [5, 5.41) is 13.3. The number of alkyl carbamates (subject to hydrolysis) is 1. The molecule has 19 heavy (non-hydrogen) atoms. The maximum Gasteiger partial charge on any atom is 0.408 e. The lowest BCUT2D eigenvalue weighted by Crippen LogP contribution is -2.35. The van der Waals surface area contributed by atoms with Gasteiger partial charge < -0.3 is 15.2 Å². The molecule has 0 fully saturated rings. The number of aliphatic carboxylic acids is 1. The quantitative estimate of drug-likeness (QED) is 0.871. The highest BCUT2D eigenvalue weighted by atomic mass is 79.9. The summed E-state index contributed by atoms with van der Waals surface area (Å²) in [7, 11) is 0. The fraction of sp³-hybridized carbons (Fsp3) is 0.500. The molecule has 0 unspecified atom stereocenters. The van der Waals surface area contributed by atoms with Crippen LogP contribution in [0.3, 0.4) is 0 Å². The molecular formula is C12H16BrNO4S. The molecule has 0 aliphatic carbocycles. The number of carbonyl (C=O) groups is 2. The van der Waals surface area contributed by atoms with Crippen molar-refractivity contribution in [2.45, 2.75) is 38.8 Å². The maximum atomic E-state index is 11.7. The molecule has 1 aromatic rings. The number of carboxylic acid groups (broad SMARTS) is 1. The van der Waals surface area contributed by atoms with Gasteiger partial charge in [-0.3, -0.25) is 4.79 Å². The Balaban J connectivity index is 2.76. The van der Waals surface area contributed by atoms with E-state index in [-0.39, 0.29) is 6.42 Å². The number of amides is 1. The van der Waals surface area contributed by atoms with Crippen LogP contribution in [0.1, 0.15) is 38.8 Å².